The summed E-state index contributed by atoms with van der Waals surface area (Å²) in [6.45, 7) is 2.72. The van der Waals surface area contributed by atoms with Gasteiger partial charge in [0.1, 0.15) is 12.6 Å². The van der Waals surface area contributed by atoms with Crippen LogP contribution in [0.4, 0.5) is 18.9 Å². The summed E-state index contributed by atoms with van der Waals surface area (Å²) in [5, 5.41) is 2.31. The van der Waals surface area contributed by atoms with Gasteiger partial charge in [0.15, 0.2) is 0 Å². The highest BCUT2D eigenvalue weighted by atomic mass is 79.9. The summed E-state index contributed by atoms with van der Waals surface area (Å²) in [6, 6.07) is 24.5. The lowest BCUT2D eigenvalue weighted by Crippen LogP contribution is -2.54. The number of rotatable bonds is 13. The second kappa shape index (κ2) is 16.0. The van der Waals surface area contributed by atoms with Gasteiger partial charge in [-0.3, -0.25) is 13.9 Å². The van der Waals surface area contributed by atoms with Crippen LogP contribution in [0.5, 0.6) is 0 Å². The van der Waals surface area contributed by atoms with Crippen molar-refractivity contribution in [3.05, 3.63) is 129 Å². The van der Waals surface area contributed by atoms with Gasteiger partial charge in [0.2, 0.25) is 11.8 Å². The number of alkyl halides is 3. The zero-order valence-corrected chi connectivity index (χ0v) is 29.3. The summed E-state index contributed by atoms with van der Waals surface area (Å²) >= 11 is 9.26. The fourth-order valence-electron chi connectivity index (χ4n) is 4.92. The van der Waals surface area contributed by atoms with Crippen molar-refractivity contribution in [1.29, 1.82) is 0 Å². The van der Waals surface area contributed by atoms with Gasteiger partial charge < -0.3 is 10.2 Å². The van der Waals surface area contributed by atoms with Gasteiger partial charge in [0, 0.05) is 23.5 Å². The molecule has 7 nitrogen and oxygen atoms in total. The lowest BCUT2D eigenvalue weighted by molar-refractivity contribution is -0.140. The zero-order valence-electron chi connectivity index (χ0n) is 26.1. The Kier molecular flexibility index (Phi) is 12.3. The fraction of sp³-hybridized carbons (Fsp3) is 0.257. The van der Waals surface area contributed by atoms with Crippen LogP contribution in [-0.2, 0) is 38.8 Å². The maximum Gasteiger partial charge on any atom is 0.417 e. The molecule has 2 atom stereocenters. The molecule has 0 spiro atoms. The standard InChI is InChI=1S/C35H34BrClF3N3O4S/c1-3-24(2)41-34(45)32(20-25-10-6-4-7-11-25)42(22-26-14-16-27(36)17-15-26)33(44)23-43(48(46,47)29-12-8-5-9-13-29)28-18-19-31(37)30(21-28)35(38,39)40/h4-19,21,24,32H,3,20,22-23H2,1-2H3,(H,41,45)/t24-,32-/m1/s1. The Morgan fingerprint density at radius 2 is 1.50 bits per heavy atom. The van der Waals surface area contributed by atoms with Crippen LogP contribution in [0, 0.1) is 0 Å². The lowest BCUT2D eigenvalue weighted by atomic mass is 10.0. The van der Waals surface area contributed by atoms with Gasteiger partial charge in [-0.2, -0.15) is 13.2 Å². The molecule has 0 radical (unpaired) electrons. The molecule has 0 heterocycles. The molecule has 4 rings (SSSR count). The van der Waals surface area contributed by atoms with Crippen LogP contribution in [0.15, 0.2) is 112 Å². The molecule has 254 valence electrons. The molecule has 0 saturated heterocycles. The second-order valence-corrected chi connectivity index (χ2v) is 14.3. The Morgan fingerprint density at radius 3 is 2.08 bits per heavy atom. The molecule has 1 N–H and O–H groups in total. The highest BCUT2D eigenvalue weighted by Crippen LogP contribution is 2.38. The predicted octanol–water partition coefficient (Wildman–Crippen LogP) is 7.87. The Labute approximate surface area is 291 Å². The number of benzene rings is 4. The fourth-order valence-corrected chi connectivity index (χ4v) is 6.83. The van der Waals surface area contributed by atoms with Crippen LogP contribution in [0.3, 0.4) is 0 Å². The van der Waals surface area contributed by atoms with Crippen molar-refractivity contribution >= 4 is 55.1 Å². The minimum absolute atomic E-state index is 0.0921. The van der Waals surface area contributed by atoms with Gasteiger partial charge in [-0.05, 0) is 66.9 Å². The van der Waals surface area contributed by atoms with E-state index in [1.165, 1.54) is 29.2 Å². The average molecular weight is 765 g/mol. The van der Waals surface area contributed by atoms with E-state index in [9.17, 15) is 31.2 Å². The molecule has 0 saturated carbocycles. The highest BCUT2D eigenvalue weighted by Gasteiger charge is 2.37. The number of carbonyl (C=O) groups is 2. The normalized spacial score (nSPS) is 13.0. The zero-order chi connectivity index (χ0) is 35.1. The van der Waals surface area contributed by atoms with Gasteiger partial charge in [0.05, 0.1) is 21.2 Å². The molecule has 0 unspecified atom stereocenters. The molecular weight excluding hydrogens is 731 g/mol. The minimum Gasteiger partial charge on any atom is -0.352 e. The number of nitrogens with zero attached hydrogens (tertiary/aromatic N) is 2. The number of hydrogen-bond acceptors (Lipinski definition) is 4. The van der Waals surface area contributed by atoms with Gasteiger partial charge in [-0.1, -0.05) is 95.1 Å². The molecule has 13 heteroatoms. The number of anilines is 1. The van der Waals surface area contributed by atoms with Gasteiger partial charge >= 0.3 is 6.18 Å². The number of halogens is 5. The van der Waals surface area contributed by atoms with Crippen LogP contribution < -0.4 is 9.62 Å². The van der Waals surface area contributed by atoms with Crippen LogP contribution in [0.25, 0.3) is 0 Å². The van der Waals surface area contributed by atoms with Crippen molar-refractivity contribution in [2.45, 2.75) is 56.4 Å². The summed E-state index contributed by atoms with van der Waals surface area (Å²) in [4.78, 5) is 29.4. The first-order valence-electron chi connectivity index (χ1n) is 15.0. The van der Waals surface area contributed by atoms with E-state index < -0.39 is 56.9 Å². The third-order valence-corrected chi connectivity index (χ3v) is 10.3. The van der Waals surface area contributed by atoms with Crippen LogP contribution in [0.2, 0.25) is 5.02 Å². The third-order valence-electron chi connectivity index (χ3n) is 7.69. The molecular formula is C35H34BrClF3N3O4S. The van der Waals surface area contributed by atoms with Crippen LogP contribution in [-0.4, -0.2) is 43.8 Å². The summed E-state index contributed by atoms with van der Waals surface area (Å²) in [5.41, 5.74) is -0.291. The largest absolute Gasteiger partial charge is 0.417 e. The van der Waals surface area contributed by atoms with E-state index in [-0.39, 0.29) is 23.9 Å². The van der Waals surface area contributed by atoms with E-state index >= 15 is 0 Å². The van der Waals surface area contributed by atoms with Crippen molar-refractivity contribution < 1.29 is 31.2 Å². The van der Waals surface area contributed by atoms with Crippen molar-refractivity contribution in [1.82, 2.24) is 10.2 Å². The Hall–Kier alpha value is -3.87. The molecule has 4 aromatic rings. The first kappa shape index (κ1) is 37.0. The molecule has 0 aliphatic carbocycles. The molecule has 48 heavy (non-hydrogen) atoms. The van der Waals surface area contributed by atoms with Crippen molar-refractivity contribution in [3.63, 3.8) is 0 Å². The summed E-state index contributed by atoms with van der Waals surface area (Å²) in [6.07, 6.45) is -4.19. The first-order chi connectivity index (χ1) is 22.7. The summed E-state index contributed by atoms with van der Waals surface area (Å²) in [7, 11) is -4.60. The quantitative estimate of drug-likeness (QED) is 0.150. The van der Waals surface area contributed by atoms with E-state index in [1.807, 2.05) is 32.0 Å². The van der Waals surface area contributed by atoms with E-state index in [0.29, 0.717) is 22.4 Å². The number of nitrogens with one attached hydrogen (secondary N) is 1. The molecule has 0 aliphatic rings. The number of carbonyl (C=O) groups excluding carboxylic acids is 2. The second-order valence-electron chi connectivity index (χ2n) is 11.2. The van der Waals surface area contributed by atoms with Crippen molar-refractivity contribution in [2.75, 3.05) is 10.8 Å². The van der Waals surface area contributed by atoms with Gasteiger partial charge in [-0.25, -0.2) is 8.42 Å². The third kappa shape index (κ3) is 9.39. The molecule has 0 aliphatic heterocycles. The van der Waals surface area contributed by atoms with Gasteiger partial charge in [-0.15, -0.1) is 0 Å². The number of hydrogen-bond donors (Lipinski definition) is 1. The minimum atomic E-state index is -4.90. The Balaban J connectivity index is 1.86. The van der Waals surface area contributed by atoms with E-state index in [4.69, 9.17) is 11.6 Å². The predicted molar refractivity (Wildman–Crippen MR) is 184 cm³/mol. The van der Waals surface area contributed by atoms with Crippen LogP contribution >= 0.6 is 27.5 Å². The maximum absolute atomic E-state index is 14.5. The van der Waals surface area contributed by atoms with Gasteiger partial charge in [0.25, 0.3) is 10.0 Å². The molecule has 0 aromatic heterocycles. The number of sulfonamides is 1. The lowest BCUT2D eigenvalue weighted by Gasteiger charge is -2.34. The van der Waals surface area contributed by atoms with E-state index in [1.54, 1.807) is 42.5 Å². The van der Waals surface area contributed by atoms with Crippen molar-refractivity contribution in [2.24, 2.45) is 0 Å². The Bertz CT molecular complexity index is 1810. The maximum atomic E-state index is 14.5. The SMILES string of the molecule is CC[C@@H](C)NC(=O)[C@@H](Cc1ccccc1)N(Cc1ccc(Br)cc1)C(=O)CN(c1ccc(Cl)c(C(F)(F)F)c1)S(=O)(=O)c1ccccc1. The monoisotopic (exact) mass is 763 g/mol. The topological polar surface area (TPSA) is 86.8 Å². The average Bonchev–Trinajstić information content (AvgIpc) is 3.06. The number of amides is 2. The first-order valence-corrected chi connectivity index (χ1v) is 17.6. The molecule has 4 aromatic carbocycles. The highest BCUT2D eigenvalue weighted by molar-refractivity contribution is 9.10. The van der Waals surface area contributed by atoms with Crippen LogP contribution in [0.1, 0.15) is 37.0 Å². The van der Waals surface area contributed by atoms with Crippen molar-refractivity contribution in [3.8, 4) is 0 Å². The summed E-state index contributed by atoms with van der Waals surface area (Å²) < 4.78 is 71.3. The summed E-state index contributed by atoms with van der Waals surface area (Å²) in [5.74, 6) is -1.26. The molecule has 2 amide bonds. The van der Waals surface area contributed by atoms with E-state index in [2.05, 4.69) is 21.2 Å². The molecule has 0 bridgehead atoms. The Morgan fingerprint density at radius 1 is 0.896 bits per heavy atom. The smallest absolute Gasteiger partial charge is 0.352 e. The molecule has 0 fully saturated rings. The van der Waals surface area contributed by atoms with E-state index in [0.717, 1.165) is 22.2 Å².